The van der Waals surface area contributed by atoms with Gasteiger partial charge < -0.3 is 10.2 Å². The fourth-order valence-electron chi connectivity index (χ4n) is 2.98. The van der Waals surface area contributed by atoms with Crippen molar-refractivity contribution in [2.75, 3.05) is 26.2 Å². The molecule has 1 aromatic rings. The van der Waals surface area contributed by atoms with E-state index in [0.717, 1.165) is 25.4 Å². The Morgan fingerprint density at radius 3 is 2.95 bits per heavy atom. The van der Waals surface area contributed by atoms with Crippen molar-refractivity contribution < 1.29 is 0 Å². The van der Waals surface area contributed by atoms with Crippen LogP contribution >= 0.6 is 11.3 Å². The van der Waals surface area contributed by atoms with Crippen LogP contribution in [0.2, 0.25) is 0 Å². The normalized spacial score (nSPS) is 20.3. The number of nitrogens with one attached hydrogen (secondary N) is 1. The maximum atomic E-state index is 4.76. The van der Waals surface area contributed by atoms with Gasteiger partial charge in [-0.2, -0.15) is 0 Å². The van der Waals surface area contributed by atoms with E-state index in [1.165, 1.54) is 48.1 Å². The highest BCUT2D eigenvalue weighted by Gasteiger charge is 2.16. The zero-order valence-electron chi connectivity index (χ0n) is 14.1. The summed E-state index contributed by atoms with van der Waals surface area (Å²) in [5.74, 6) is 1.58. The number of piperidine rings is 1. The topological polar surface area (TPSA) is 28.2 Å². The Kier molecular flexibility index (Phi) is 6.65. The molecule has 0 aliphatic carbocycles. The average molecular weight is 310 g/mol. The molecule has 120 valence electrons. The molecule has 1 aliphatic rings. The first-order valence-electron chi connectivity index (χ1n) is 8.43. The summed E-state index contributed by atoms with van der Waals surface area (Å²) in [5.41, 5.74) is 1.22. The summed E-state index contributed by atoms with van der Waals surface area (Å²) in [6.07, 6.45) is 3.88. The summed E-state index contributed by atoms with van der Waals surface area (Å²) < 4.78 is 0. The molecule has 1 aliphatic heterocycles. The lowest BCUT2D eigenvalue weighted by Crippen LogP contribution is -2.35. The zero-order valence-corrected chi connectivity index (χ0v) is 14.9. The number of nitrogens with zero attached hydrogens (tertiary/aromatic N) is 2. The molecular weight excluding hydrogens is 278 g/mol. The second kappa shape index (κ2) is 8.25. The van der Waals surface area contributed by atoms with Gasteiger partial charge in [0, 0.05) is 30.9 Å². The van der Waals surface area contributed by atoms with Crippen molar-refractivity contribution in [1.82, 2.24) is 15.2 Å². The minimum atomic E-state index is 0.707. The first-order chi connectivity index (χ1) is 10.0. The number of hydrogen-bond acceptors (Lipinski definition) is 4. The number of likely N-dealkylation sites (tertiary alicyclic amines) is 1. The van der Waals surface area contributed by atoms with Crippen LogP contribution in [0.25, 0.3) is 0 Å². The molecule has 0 amide bonds. The average Bonchev–Trinajstić information content (AvgIpc) is 2.77. The molecule has 2 rings (SSSR count). The van der Waals surface area contributed by atoms with E-state index >= 15 is 0 Å². The molecule has 3 nitrogen and oxygen atoms in total. The van der Waals surface area contributed by atoms with Crippen molar-refractivity contribution in [3.63, 3.8) is 0 Å². The molecule has 1 saturated heterocycles. The molecule has 1 atom stereocenters. The Hall–Kier alpha value is -0.450. The van der Waals surface area contributed by atoms with Crippen molar-refractivity contribution in [3.05, 3.63) is 15.6 Å². The summed E-state index contributed by atoms with van der Waals surface area (Å²) in [6, 6.07) is 0. The van der Waals surface area contributed by atoms with E-state index in [4.69, 9.17) is 4.98 Å². The molecule has 0 saturated carbocycles. The number of hydrogen-bond donors (Lipinski definition) is 1. The van der Waals surface area contributed by atoms with Crippen molar-refractivity contribution in [3.8, 4) is 0 Å². The van der Waals surface area contributed by atoms with Crippen LogP contribution < -0.4 is 5.32 Å². The molecule has 0 radical (unpaired) electrons. The summed E-state index contributed by atoms with van der Waals surface area (Å²) >= 11 is 1.90. The third-order valence-corrected chi connectivity index (χ3v) is 5.38. The number of aryl methyl sites for hydroxylation is 1. The first kappa shape index (κ1) is 16.9. The minimum Gasteiger partial charge on any atom is -0.312 e. The van der Waals surface area contributed by atoms with Crippen LogP contribution in [0.5, 0.6) is 0 Å². The van der Waals surface area contributed by atoms with Crippen LogP contribution in [0, 0.1) is 18.8 Å². The van der Waals surface area contributed by atoms with E-state index in [1.807, 2.05) is 11.3 Å². The van der Waals surface area contributed by atoms with Crippen LogP contribution in [-0.2, 0) is 13.0 Å². The van der Waals surface area contributed by atoms with Gasteiger partial charge in [0.25, 0.3) is 0 Å². The van der Waals surface area contributed by atoms with Crippen molar-refractivity contribution in [1.29, 1.82) is 0 Å². The molecule has 1 aromatic heterocycles. The van der Waals surface area contributed by atoms with Gasteiger partial charge in [-0.15, -0.1) is 11.3 Å². The number of thiazole rings is 1. The highest BCUT2D eigenvalue weighted by Crippen LogP contribution is 2.20. The van der Waals surface area contributed by atoms with Crippen LogP contribution in [0.4, 0.5) is 0 Å². The number of rotatable bonds is 7. The van der Waals surface area contributed by atoms with Gasteiger partial charge in [-0.05, 0) is 44.7 Å². The van der Waals surface area contributed by atoms with Gasteiger partial charge >= 0.3 is 0 Å². The third kappa shape index (κ3) is 5.68. The van der Waals surface area contributed by atoms with E-state index in [1.54, 1.807) is 0 Å². The lowest BCUT2D eigenvalue weighted by Gasteiger charge is -2.30. The second-order valence-corrected chi connectivity index (χ2v) is 8.11. The smallest absolute Gasteiger partial charge is 0.0944 e. The Morgan fingerprint density at radius 2 is 2.24 bits per heavy atom. The highest BCUT2D eigenvalue weighted by atomic mass is 32.1. The fraction of sp³-hybridized carbons (Fsp3) is 0.824. The Morgan fingerprint density at radius 1 is 1.43 bits per heavy atom. The standard InChI is InChI=1S/C17H31N3S/c1-13(2)10-18-11-16-15(4)19-17(21-16)7-9-20-8-5-6-14(3)12-20/h13-14,18H,5-12H2,1-4H3. The van der Waals surface area contributed by atoms with Gasteiger partial charge in [0.1, 0.15) is 0 Å². The highest BCUT2D eigenvalue weighted by molar-refractivity contribution is 7.11. The maximum Gasteiger partial charge on any atom is 0.0944 e. The fourth-order valence-corrected chi connectivity index (χ4v) is 4.01. The molecule has 1 fully saturated rings. The van der Waals surface area contributed by atoms with Crippen molar-refractivity contribution >= 4 is 11.3 Å². The SMILES string of the molecule is Cc1nc(CCN2CCCC(C)C2)sc1CNCC(C)C. The lowest BCUT2D eigenvalue weighted by molar-refractivity contribution is 0.186. The predicted molar refractivity (Wildman–Crippen MR) is 91.9 cm³/mol. The summed E-state index contributed by atoms with van der Waals surface area (Å²) in [4.78, 5) is 8.79. The third-order valence-electron chi connectivity index (χ3n) is 4.16. The molecule has 0 bridgehead atoms. The summed E-state index contributed by atoms with van der Waals surface area (Å²) in [6.45, 7) is 14.8. The lowest BCUT2D eigenvalue weighted by atomic mass is 10.0. The van der Waals surface area contributed by atoms with Gasteiger partial charge in [0.15, 0.2) is 0 Å². The van der Waals surface area contributed by atoms with E-state index in [-0.39, 0.29) is 0 Å². The summed E-state index contributed by atoms with van der Waals surface area (Å²) in [5, 5.41) is 4.84. The quantitative estimate of drug-likeness (QED) is 0.836. The van der Waals surface area contributed by atoms with Crippen LogP contribution in [0.1, 0.15) is 49.2 Å². The van der Waals surface area contributed by atoms with Crippen molar-refractivity contribution in [2.45, 2.75) is 53.5 Å². The van der Waals surface area contributed by atoms with Crippen LogP contribution in [0.15, 0.2) is 0 Å². The molecule has 0 spiro atoms. The molecule has 1 N–H and O–H groups in total. The van der Waals surface area contributed by atoms with Gasteiger partial charge in [0.2, 0.25) is 0 Å². The maximum absolute atomic E-state index is 4.76. The van der Waals surface area contributed by atoms with Gasteiger partial charge in [0.05, 0.1) is 10.7 Å². The predicted octanol–water partition coefficient (Wildman–Crippen LogP) is 3.47. The largest absolute Gasteiger partial charge is 0.312 e. The molecular formula is C17H31N3S. The van der Waals surface area contributed by atoms with E-state index < -0.39 is 0 Å². The molecule has 0 aromatic carbocycles. The van der Waals surface area contributed by atoms with Gasteiger partial charge in [-0.3, -0.25) is 0 Å². The Bertz CT molecular complexity index is 428. The van der Waals surface area contributed by atoms with Crippen molar-refractivity contribution in [2.24, 2.45) is 11.8 Å². The Labute approximate surface area is 134 Å². The van der Waals surface area contributed by atoms with Gasteiger partial charge in [-0.1, -0.05) is 20.8 Å². The first-order valence-corrected chi connectivity index (χ1v) is 9.24. The summed E-state index contributed by atoms with van der Waals surface area (Å²) in [7, 11) is 0. The van der Waals surface area contributed by atoms with Crippen LogP contribution in [-0.4, -0.2) is 36.1 Å². The van der Waals surface area contributed by atoms with E-state index in [2.05, 4.69) is 37.9 Å². The molecule has 4 heteroatoms. The van der Waals surface area contributed by atoms with Crippen LogP contribution in [0.3, 0.4) is 0 Å². The molecule has 21 heavy (non-hydrogen) atoms. The van der Waals surface area contributed by atoms with Gasteiger partial charge in [-0.25, -0.2) is 4.98 Å². The zero-order chi connectivity index (χ0) is 15.2. The molecule has 1 unspecified atom stereocenters. The second-order valence-electron chi connectivity index (χ2n) is 6.94. The van der Waals surface area contributed by atoms with E-state index in [9.17, 15) is 0 Å². The molecule has 2 heterocycles. The number of aromatic nitrogens is 1. The Balaban J connectivity index is 1.78. The monoisotopic (exact) mass is 309 g/mol. The van der Waals surface area contributed by atoms with E-state index in [0.29, 0.717) is 5.92 Å². The minimum absolute atomic E-state index is 0.707.